The molecule has 0 bridgehead atoms. The molecule has 114 valence electrons. The van der Waals surface area contributed by atoms with Crippen molar-refractivity contribution in [3.05, 3.63) is 53.8 Å². The van der Waals surface area contributed by atoms with Crippen LogP contribution in [-0.2, 0) is 6.54 Å². The fourth-order valence-corrected chi connectivity index (χ4v) is 2.44. The van der Waals surface area contributed by atoms with Crippen molar-refractivity contribution in [2.75, 3.05) is 19.7 Å². The van der Waals surface area contributed by atoms with E-state index >= 15 is 0 Å². The lowest BCUT2D eigenvalue weighted by molar-refractivity contribution is 0.273. The molecule has 0 aromatic heterocycles. The van der Waals surface area contributed by atoms with Crippen LogP contribution in [0.15, 0.2) is 48.2 Å². The monoisotopic (exact) mass is 286 g/mol. The second kappa shape index (κ2) is 8.53. The fraction of sp³-hybridized carbons (Fsp3) is 0.444. The Labute approximate surface area is 128 Å². The summed E-state index contributed by atoms with van der Waals surface area (Å²) in [4.78, 5) is 2.41. The maximum Gasteiger partial charge on any atom is 0.128 e. The largest absolute Gasteiger partial charge is 0.487 e. The summed E-state index contributed by atoms with van der Waals surface area (Å²) in [6.07, 6.45) is 10.3. The van der Waals surface area contributed by atoms with E-state index in [1.807, 2.05) is 24.3 Å². The average molecular weight is 286 g/mol. The molecule has 0 radical (unpaired) electrons. The topological polar surface area (TPSA) is 38.5 Å². The van der Waals surface area contributed by atoms with Gasteiger partial charge < -0.3 is 15.4 Å². The lowest BCUT2D eigenvalue weighted by Crippen LogP contribution is -2.29. The zero-order valence-corrected chi connectivity index (χ0v) is 12.9. The van der Waals surface area contributed by atoms with Crippen molar-refractivity contribution >= 4 is 0 Å². The Hall–Kier alpha value is -1.74. The summed E-state index contributed by atoms with van der Waals surface area (Å²) >= 11 is 0. The predicted octanol–water partition coefficient (Wildman–Crippen LogP) is 3.47. The summed E-state index contributed by atoms with van der Waals surface area (Å²) in [6.45, 7) is 5.49. The Balaban J connectivity index is 1.89. The van der Waals surface area contributed by atoms with Gasteiger partial charge >= 0.3 is 0 Å². The highest BCUT2D eigenvalue weighted by atomic mass is 16.5. The molecule has 1 aliphatic heterocycles. The summed E-state index contributed by atoms with van der Waals surface area (Å²) < 4.78 is 5.93. The number of ether oxygens (including phenoxy) is 1. The molecular weight excluding hydrogens is 260 g/mol. The summed E-state index contributed by atoms with van der Waals surface area (Å²) in [6, 6.07) is 8.01. The third kappa shape index (κ3) is 4.94. The average Bonchev–Trinajstić information content (AvgIpc) is 2.54. The summed E-state index contributed by atoms with van der Waals surface area (Å²) in [5, 5.41) is 0. The number of nitrogens with two attached hydrogens (primary N) is 1. The predicted molar refractivity (Wildman–Crippen MR) is 88.1 cm³/mol. The first-order valence-corrected chi connectivity index (χ1v) is 7.86. The fourth-order valence-electron chi connectivity index (χ4n) is 2.44. The number of allylic oxidation sites excluding steroid dienone is 2. The van der Waals surface area contributed by atoms with Gasteiger partial charge in [-0.3, -0.25) is 0 Å². The minimum absolute atomic E-state index is 0.547. The molecule has 1 heterocycles. The van der Waals surface area contributed by atoms with Crippen molar-refractivity contribution in [1.29, 1.82) is 0 Å². The molecule has 1 aliphatic rings. The zero-order chi connectivity index (χ0) is 14.9. The SMILES string of the molecule is CCCCCN1CC=CC=C1COc1cccc(CN)c1. The van der Waals surface area contributed by atoms with Gasteiger partial charge in [-0.05, 0) is 30.2 Å². The maximum absolute atomic E-state index is 5.93. The standard InChI is InChI=1S/C18H26N2O/c1-2-3-5-11-20-12-6-4-9-17(20)15-21-18-10-7-8-16(13-18)14-19/h4,6-10,13H,2-3,5,11-12,14-15,19H2,1H3. The van der Waals surface area contributed by atoms with Crippen LogP contribution in [0.5, 0.6) is 5.75 Å². The van der Waals surface area contributed by atoms with Crippen LogP contribution in [-0.4, -0.2) is 24.6 Å². The van der Waals surface area contributed by atoms with Gasteiger partial charge in [-0.2, -0.15) is 0 Å². The number of hydrogen-bond acceptors (Lipinski definition) is 3. The Morgan fingerprint density at radius 3 is 3.00 bits per heavy atom. The lowest BCUT2D eigenvalue weighted by atomic mass is 10.2. The summed E-state index contributed by atoms with van der Waals surface area (Å²) in [5.41, 5.74) is 8.02. The third-order valence-corrected chi connectivity index (χ3v) is 3.71. The van der Waals surface area contributed by atoms with Crippen LogP contribution in [0.4, 0.5) is 0 Å². The van der Waals surface area contributed by atoms with E-state index in [9.17, 15) is 0 Å². The molecule has 0 atom stereocenters. The molecule has 1 aromatic rings. The number of unbranched alkanes of at least 4 members (excludes halogenated alkanes) is 2. The van der Waals surface area contributed by atoms with Crippen LogP contribution in [0.3, 0.4) is 0 Å². The normalized spacial score (nSPS) is 14.2. The second-order valence-electron chi connectivity index (χ2n) is 5.38. The number of benzene rings is 1. The van der Waals surface area contributed by atoms with Crippen LogP contribution in [0.2, 0.25) is 0 Å². The van der Waals surface area contributed by atoms with E-state index in [1.54, 1.807) is 0 Å². The molecule has 2 rings (SSSR count). The van der Waals surface area contributed by atoms with Gasteiger partial charge in [0, 0.05) is 19.6 Å². The highest BCUT2D eigenvalue weighted by Gasteiger charge is 2.11. The molecule has 21 heavy (non-hydrogen) atoms. The zero-order valence-electron chi connectivity index (χ0n) is 12.9. The highest BCUT2D eigenvalue weighted by Crippen LogP contribution is 2.17. The van der Waals surface area contributed by atoms with E-state index in [1.165, 1.54) is 25.0 Å². The molecule has 0 fully saturated rings. The van der Waals surface area contributed by atoms with Gasteiger partial charge in [0.25, 0.3) is 0 Å². The molecule has 0 saturated heterocycles. The van der Waals surface area contributed by atoms with Crippen molar-refractivity contribution in [2.45, 2.75) is 32.7 Å². The molecular formula is C18H26N2O. The van der Waals surface area contributed by atoms with E-state index in [0.717, 1.165) is 24.4 Å². The number of nitrogens with zero attached hydrogens (tertiary/aromatic N) is 1. The molecule has 0 unspecified atom stereocenters. The van der Waals surface area contributed by atoms with Crippen molar-refractivity contribution in [3.63, 3.8) is 0 Å². The molecule has 0 amide bonds. The van der Waals surface area contributed by atoms with Crippen molar-refractivity contribution < 1.29 is 4.74 Å². The maximum atomic E-state index is 5.93. The Bertz CT molecular complexity index is 494. The molecule has 0 spiro atoms. The molecule has 0 aliphatic carbocycles. The van der Waals surface area contributed by atoms with Crippen LogP contribution in [0.1, 0.15) is 31.7 Å². The van der Waals surface area contributed by atoms with Gasteiger partial charge in [0.15, 0.2) is 0 Å². The Morgan fingerprint density at radius 2 is 2.19 bits per heavy atom. The van der Waals surface area contributed by atoms with Crippen LogP contribution < -0.4 is 10.5 Å². The van der Waals surface area contributed by atoms with E-state index < -0.39 is 0 Å². The van der Waals surface area contributed by atoms with E-state index in [2.05, 4.69) is 30.1 Å². The molecule has 0 saturated carbocycles. The summed E-state index contributed by atoms with van der Waals surface area (Å²) in [5.74, 6) is 0.891. The first kappa shape index (κ1) is 15.6. The minimum atomic E-state index is 0.547. The summed E-state index contributed by atoms with van der Waals surface area (Å²) in [7, 11) is 0. The van der Waals surface area contributed by atoms with E-state index in [4.69, 9.17) is 10.5 Å². The molecule has 3 heteroatoms. The van der Waals surface area contributed by atoms with Gasteiger partial charge in [0.1, 0.15) is 12.4 Å². The van der Waals surface area contributed by atoms with Gasteiger partial charge in [-0.15, -0.1) is 0 Å². The van der Waals surface area contributed by atoms with Crippen LogP contribution >= 0.6 is 0 Å². The highest BCUT2D eigenvalue weighted by molar-refractivity contribution is 5.29. The Kier molecular flexibility index (Phi) is 6.35. The van der Waals surface area contributed by atoms with E-state index in [-0.39, 0.29) is 0 Å². The second-order valence-corrected chi connectivity index (χ2v) is 5.38. The van der Waals surface area contributed by atoms with Crippen LogP contribution in [0.25, 0.3) is 0 Å². The minimum Gasteiger partial charge on any atom is -0.487 e. The van der Waals surface area contributed by atoms with Crippen molar-refractivity contribution in [2.24, 2.45) is 5.73 Å². The van der Waals surface area contributed by atoms with Gasteiger partial charge in [-0.25, -0.2) is 0 Å². The van der Waals surface area contributed by atoms with Crippen molar-refractivity contribution in [3.8, 4) is 5.75 Å². The smallest absolute Gasteiger partial charge is 0.128 e. The molecule has 3 nitrogen and oxygen atoms in total. The van der Waals surface area contributed by atoms with Gasteiger partial charge in [-0.1, -0.05) is 44.1 Å². The Morgan fingerprint density at radius 1 is 1.29 bits per heavy atom. The third-order valence-electron chi connectivity index (χ3n) is 3.71. The number of rotatable bonds is 8. The van der Waals surface area contributed by atoms with Gasteiger partial charge in [0.2, 0.25) is 0 Å². The molecule has 2 N–H and O–H groups in total. The molecule has 1 aromatic carbocycles. The quantitative estimate of drug-likeness (QED) is 0.744. The lowest BCUT2D eigenvalue weighted by Gasteiger charge is -2.28. The first-order chi connectivity index (χ1) is 10.3. The van der Waals surface area contributed by atoms with Crippen LogP contribution in [0, 0.1) is 0 Å². The van der Waals surface area contributed by atoms with Gasteiger partial charge in [0.05, 0.1) is 5.70 Å². The number of hydrogen-bond donors (Lipinski definition) is 1. The first-order valence-electron chi connectivity index (χ1n) is 7.86. The van der Waals surface area contributed by atoms with E-state index in [0.29, 0.717) is 13.2 Å². The van der Waals surface area contributed by atoms with Crippen molar-refractivity contribution in [1.82, 2.24) is 4.90 Å².